The van der Waals surface area contributed by atoms with Crippen LogP contribution in [0.25, 0.3) is 11.3 Å². The Balaban J connectivity index is 1.63. The molecule has 0 aliphatic heterocycles. The maximum absolute atomic E-state index is 12.2. The third-order valence-electron chi connectivity index (χ3n) is 3.71. The highest BCUT2D eigenvalue weighted by molar-refractivity contribution is 6.33. The molecule has 2 aromatic carbocycles. The van der Waals surface area contributed by atoms with Crippen LogP contribution in [0.4, 0.5) is 0 Å². The molecular formula is C19H16ClN3O2. The number of rotatable bonds is 5. The summed E-state index contributed by atoms with van der Waals surface area (Å²) in [6.07, 6.45) is 1.49. The van der Waals surface area contributed by atoms with Gasteiger partial charge in [-0.05, 0) is 12.1 Å². The van der Waals surface area contributed by atoms with Crippen molar-refractivity contribution in [3.63, 3.8) is 0 Å². The maximum atomic E-state index is 12.2. The largest absolute Gasteiger partial charge is 0.350 e. The van der Waals surface area contributed by atoms with E-state index in [1.165, 1.54) is 17.0 Å². The lowest BCUT2D eigenvalue weighted by Gasteiger charge is -2.09. The number of hydrogen-bond donors (Lipinski definition) is 1. The Labute approximate surface area is 149 Å². The van der Waals surface area contributed by atoms with Crippen molar-refractivity contribution in [1.82, 2.24) is 14.9 Å². The number of benzene rings is 2. The topological polar surface area (TPSA) is 64.0 Å². The van der Waals surface area contributed by atoms with Gasteiger partial charge in [0.25, 0.3) is 11.5 Å². The monoisotopic (exact) mass is 353 g/mol. The molecule has 25 heavy (non-hydrogen) atoms. The van der Waals surface area contributed by atoms with Gasteiger partial charge in [0.15, 0.2) is 0 Å². The first kappa shape index (κ1) is 16.9. The molecule has 0 bridgehead atoms. The highest BCUT2D eigenvalue weighted by Gasteiger charge is 2.09. The highest BCUT2D eigenvalue weighted by Crippen LogP contribution is 2.14. The molecule has 0 aliphatic carbocycles. The summed E-state index contributed by atoms with van der Waals surface area (Å²) >= 11 is 5.99. The third kappa shape index (κ3) is 4.14. The Bertz CT molecular complexity index is 939. The Hall–Kier alpha value is -2.92. The van der Waals surface area contributed by atoms with Crippen LogP contribution in [0.15, 0.2) is 71.8 Å². The minimum atomic E-state index is -0.271. The van der Waals surface area contributed by atoms with Gasteiger partial charge < -0.3 is 5.32 Å². The first-order valence-corrected chi connectivity index (χ1v) is 8.17. The Morgan fingerprint density at radius 1 is 1.08 bits per heavy atom. The molecule has 1 heterocycles. The molecule has 1 N–H and O–H groups in total. The molecule has 0 spiro atoms. The molecular weight excluding hydrogens is 338 g/mol. The molecule has 5 nitrogen and oxygen atoms in total. The van der Waals surface area contributed by atoms with Crippen molar-refractivity contribution in [2.75, 3.05) is 6.54 Å². The van der Waals surface area contributed by atoms with Crippen molar-refractivity contribution in [2.45, 2.75) is 6.54 Å². The van der Waals surface area contributed by atoms with Gasteiger partial charge in [-0.15, -0.1) is 0 Å². The fraction of sp³-hybridized carbons (Fsp3) is 0.105. The van der Waals surface area contributed by atoms with E-state index in [2.05, 4.69) is 10.3 Å². The predicted molar refractivity (Wildman–Crippen MR) is 97.7 cm³/mol. The Kier molecular flexibility index (Phi) is 5.26. The van der Waals surface area contributed by atoms with Crippen molar-refractivity contribution in [3.8, 4) is 11.3 Å². The quantitative estimate of drug-likeness (QED) is 0.767. The second-order valence-electron chi connectivity index (χ2n) is 5.41. The lowest BCUT2D eigenvalue weighted by Crippen LogP contribution is -2.31. The first-order chi connectivity index (χ1) is 12.1. The van der Waals surface area contributed by atoms with E-state index in [1.54, 1.807) is 24.3 Å². The lowest BCUT2D eigenvalue weighted by molar-refractivity contribution is 0.0952. The van der Waals surface area contributed by atoms with Crippen LogP contribution in [0, 0.1) is 0 Å². The summed E-state index contributed by atoms with van der Waals surface area (Å²) in [5.41, 5.74) is 1.76. The fourth-order valence-electron chi connectivity index (χ4n) is 2.39. The number of hydrogen-bond acceptors (Lipinski definition) is 3. The normalized spacial score (nSPS) is 10.4. The smallest absolute Gasteiger partial charge is 0.253 e. The molecule has 0 atom stereocenters. The van der Waals surface area contributed by atoms with E-state index in [-0.39, 0.29) is 11.5 Å². The van der Waals surface area contributed by atoms with E-state index in [9.17, 15) is 9.59 Å². The van der Waals surface area contributed by atoms with Crippen LogP contribution < -0.4 is 10.9 Å². The number of nitrogens with zero attached hydrogens (tertiary/aromatic N) is 2. The zero-order chi connectivity index (χ0) is 17.6. The van der Waals surface area contributed by atoms with Crippen LogP contribution >= 0.6 is 11.6 Å². The summed E-state index contributed by atoms with van der Waals surface area (Å²) in [4.78, 5) is 28.6. The van der Waals surface area contributed by atoms with Crippen molar-refractivity contribution in [1.29, 1.82) is 0 Å². The van der Waals surface area contributed by atoms with Gasteiger partial charge in [-0.3, -0.25) is 14.2 Å². The fourth-order valence-corrected chi connectivity index (χ4v) is 2.61. The van der Waals surface area contributed by atoms with Gasteiger partial charge in [0.05, 0.1) is 22.6 Å². The summed E-state index contributed by atoms with van der Waals surface area (Å²) < 4.78 is 1.46. The SMILES string of the molecule is O=C(NCCn1cnc(-c2ccccc2)cc1=O)c1ccccc1Cl. The molecule has 0 radical (unpaired) electrons. The summed E-state index contributed by atoms with van der Waals surface area (Å²) in [6.45, 7) is 0.632. The van der Waals surface area contributed by atoms with Crippen molar-refractivity contribution in [3.05, 3.63) is 87.9 Å². The zero-order valence-corrected chi connectivity index (χ0v) is 14.1. The molecule has 6 heteroatoms. The van der Waals surface area contributed by atoms with Gasteiger partial charge in [0.1, 0.15) is 0 Å². The van der Waals surface area contributed by atoms with Crippen LogP contribution in [0.1, 0.15) is 10.4 Å². The summed E-state index contributed by atoms with van der Waals surface area (Å²) in [6, 6.07) is 17.8. The number of halogens is 1. The van der Waals surface area contributed by atoms with E-state index >= 15 is 0 Å². The summed E-state index contributed by atoms with van der Waals surface area (Å²) in [5.74, 6) is -0.271. The number of amides is 1. The van der Waals surface area contributed by atoms with Gasteiger partial charge in [-0.2, -0.15) is 0 Å². The van der Waals surface area contributed by atoms with Crippen LogP contribution in [0.3, 0.4) is 0 Å². The van der Waals surface area contributed by atoms with Crippen LogP contribution in [0.2, 0.25) is 5.02 Å². The molecule has 0 unspecified atom stereocenters. The molecule has 1 aromatic heterocycles. The molecule has 126 valence electrons. The van der Waals surface area contributed by atoms with Crippen LogP contribution in [-0.4, -0.2) is 22.0 Å². The molecule has 0 fully saturated rings. The first-order valence-electron chi connectivity index (χ1n) is 7.80. The van der Waals surface area contributed by atoms with Crippen LogP contribution in [-0.2, 0) is 6.54 Å². The molecule has 1 amide bonds. The average Bonchev–Trinajstić information content (AvgIpc) is 2.64. The second-order valence-corrected chi connectivity index (χ2v) is 5.81. The molecule has 3 aromatic rings. The summed E-state index contributed by atoms with van der Waals surface area (Å²) in [7, 11) is 0. The number of carbonyl (C=O) groups is 1. The van der Waals surface area contributed by atoms with Gasteiger partial charge in [0.2, 0.25) is 0 Å². The van der Waals surface area contributed by atoms with Crippen molar-refractivity contribution < 1.29 is 4.79 Å². The van der Waals surface area contributed by atoms with E-state index in [4.69, 9.17) is 11.6 Å². The molecule has 0 saturated heterocycles. The third-order valence-corrected chi connectivity index (χ3v) is 4.04. The van der Waals surface area contributed by atoms with Gasteiger partial charge in [-0.1, -0.05) is 54.1 Å². The maximum Gasteiger partial charge on any atom is 0.253 e. The van der Waals surface area contributed by atoms with Gasteiger partial charge in [0, 0.05) is 24.7 Å². The van der Waals surface area contributed by atoms with Gasteiger partial charge in [-0.25, -0.2) is 4.98 Å². The number of carbonyl (C=O) groups excluding carboxylic acids is 1. The summed E-state index contributed by atoms with van der Waals surface area (Å²) in [5, 5.41) is 3.15. The van der Waals surface area contributed by atoms with E-state index in [1.807, 2.05) is 30.3 Å². The average molecular weight is 354 g/mol. The van der Waals surface area contributed by atoms with Crippen molar-refractivity contribution in [2.24, 2.45) is 0 Å². The van der Waals surface area contributed by atoms with Crippen molar-refractivity contribution >= 4 is 17.5 Å². The van der Waals surface area contributed by atoms with Gasteiger partial charge >= 0.3 is 0 Å². The Morgan fingerprint density at radius 3 is 2.52 bits per heavy atom. The minimum absolute atomic E-state index is 0.166. The van der Waals surface area contributed by atoms with E-state index < -0.39 is 0 Å². The molecule has 0 saturated carbocycles. The van der Waals surface area contributed by atoms with E-state index in [0.717, 1.165) is 5.56 Å². The molecule has 0 aliphatic rings. The second kappa shape index (κ2) is 7.77. The highest BCUT2D eigenvalue weighted by atomic mass is 35.5. The zero-order valence-electron chi connectivity index (χ0n) is 13.4. The van der Waals surface area contributed by atoms with E-state index in [0.29, 0.717) is 29.4 Å². The lowest BCUT2D eigenvalue weighted by atomic mass is 10.1. The predicted octanol–water partition coefficient (Wildman–Crippen LogP) is 2.99. The number of nitrogens with one attached hydrogen (secondary N) is 1. The number of aromatic nitrogens is 2. The minimum Gasteiger partial charge on any atom is -0.350 e. The van der Waals surface area contributed by atoms with Crippen LogP contribution in [0.5, 0.6) is 0 Å². The standard InChI is InChI=1S/C19H16ClN3O2/c20-16-9-5-4-8-15(16)19(25)21-10-11-23-13-22-17(12-18(23)24)14-6-2-1-3-7-14/h1-9,12-13H,10-11H2,(H,21,25). The molecule has 3 rings (SSSR count). The Morgan fingerprint density at radius 2 is 1.80 bits per heavy atom.